The first kappa shape index (κ1) is 25.6. The number of halogens is 5. The van der Waals surface area contributed by atoms with Gasteiger partial charge in [-0.3, -0.25) is 9.69 Å². The maximum absolute atomic E-state index is 13.8. The smallest absolute Gasteiger partial charge is 0.471 e. The predicted molar refractivity (Wildman–Crippen MR) is 130 cm³/mol. The van der Waals surface area contributed by atoms with E-state index in [0.29, 0.717) is 10.5 Å². The Kier molecular flexibility index (Phi) is 6.47. The topological polar surface area (TPSA) is 66.8 Å². The Morgan fingerprint density at radius 2 is 1.80 bits per heavy atom. The van der Waals surface area contributed by atoms with E-state index in [1.54, 1.807) is 13.0 Å². The highest BCUT2D eigenvalue weighted by Crippen LogP contribution is 2.57. The number of carbonyl (C=O) groups excluding carboxylic acids is 2. The van der Waals surface area contributed by atoms with Crippen molar-refractivity contribution in [2.75, 3.05) is 12.0 Å². The number of rotatable bonds is 3. The number of aryl methyl sites for hydroxylation is 1. The van der Waals surface area contributed by atoms with Crippen LogP contribution in [-0.4, -0.2) is 35.8 Å². The molecule has 1 N–H and O–H groups in total. The summed E-state index contributed by atoms with van der Waals surface area (Å²) >= 11 is 9.65. The van der Waals surface area contributed by atoms with Gasteiger partial charge in [0.1, 0.15) is 11.3 Å². The summed E-state index contributed by atoms with van der Waals surface area (Å²) in [4.78, 5) is 26.4. The molecule has 2 aromatic carbocycles. The number of phenolic OH excluding ortho intramolecular Hbond substituents is 1. The Morgan fingerprint density at radius 3 is 2.37 bits per heavy atom. The molecule has 10 heteroatoms. The molecule has 2 aromatic rings. The lowest BCUT2D eigenvalue weighted by Crippen LogP contribution is -2.63. The summed E-state index contributed by atoms with van der Waals surface area (Å²) in [7, 11) is 1.09. The van der Waals surface area contributed by atoms with Gasteiger partial charge < -0.3 is 9.84 Å². The number of phenols is 1. The third-order valence-corrected chi connectivity index (χ3v) is 8.28. The van der Waals surface area contributed by atoms with Crippen molar-refractivity contribution in [3.63, 3.8) is 0 Å². The molecule has 0 saturated heterocycles. The number of methoxy groups -OCH3 is 1. The number of amides is 1. The SMILES string of the molecule is COC(=O)C1(N(C(=O)C(F)(F)F)c2cccc(Cl)c2)CCC2(CC1)C(Br)=Cc1cc(C)c(O)cc12. The minimum Gasteiger partial charge on any atom is -0.508 e. The summed E-state index contributed by atoms with van der Waals surface area (Å²) in [6, 6.07) is 8.92. The second kappa shape index (κ2) is 8.85. The van der Waals surface area contributed by atoms with Crippen molar-refractivity contribution in [3.05, 3.63) is 62.6 Å². The first-order valence-electron chi connectivity index (χ1n) is 10.8. The summed E-state index contributed by atoms with van der Waals surface area (Å²) in [6.45, 7) is 1.77. The van der Waals surface area contributed by atoms with Gasteiger partial charge in [-0.05, 0) is 85.7 Å². The zero-order valence-electron chi connectivity index (χ0n) is 18.9. The first-order chi connectivity index (χ1) is 16.4. The average Bonchev–Trinajstić information content (AvgIpc) is 3.05. The number of nitrogens with zero attached hydrogens (tertiary/aromatic N) is 1. The van der Waals surface area contributed by atoms with E-state index in [1.165, 1.54) is 24.3 Å². The van der Waals surface area contributed by atoms with Gasteiger partial charge in [-0.25, -0.2) is 4.79 Å². The van der Waals surface area contributed by atoms with Crippen molar-refractivity contribution >= 4 is 51.2 Å². The van der Waals surface area contributed by atoms with Crippen LogP contribution in [0.2, 0.25) is 5.02 Å². The largest absolute Gasteiger partial charge is 0.508 e. The molecule has 5 nitrogen and oxygen atoms in total. The molecule has 0 atom stereocenters. The molecule has 1 fully saturated rings. The molecule has 186 valence electrons. The van der Waals surface area contributed by atoms with Crippen LogP contribution in [0.1, 0.15) is 42.4 Å². The molecular weight excluding hydrogens is 551 g/mol. The van der Waals surface area contributed by atoms with Gasteiger partial charge in [0.15, 0.2) is 0 Å². The average molecular weight is 573 g/mol. The zero-order valence-corrected chi connectivity index (χ0v) is 21.2. The molecule has 2 aliphatic rings. The molecule has 0 aromatic heterocycles. The minimum absolute atomic E-state index is 0.106. The number of aromatic hydroxyl groups is 1. The lowest BCUT2D eigenvalue weighted by molar-refractivity contribution is -0.174. The zero-order chi connectivity index (χ0) is 25.8. The number of ether oxygens (including phenoxy) is 1. The number of anilines is 1. The fourth-order valence-corrected chi connectivity index (χ4v) is 6.31. The van der Waals surface area contributed by atoms with E-state index in [2.05, 4.69) is 15.9 Å². The Labute approximate surface area is 213 Å². The van der Waals surface area contributed by atoms with Crippen LogP contribution in [-0.2, 0) is 19.7 Å². The number of alkyl halides is 3. The number of hydrogen-bond donors (Lipinski definition) is 1. The fraction of sp³-hybridized carbons (Fsp3) is 0.360. The van der Waals surface area contributed by atoms with Crippen molar-refractivity contribution < 1.29 is 32.6 Å². The number of benzene rings is 2. The Balaban J connectivity index is 1.82. The van der Waals surface area contributed by atoms with E-state index in [9.17, 15) is 27.9 Å². The number of esters is 1. The Hall–Kier alpha value is -2.52. The lowest BCUT2D eigenvalue weighted by Gasteiger charge is -2.49. The number of hydrogen-bond acceptors (Lipinski definition) is 4. The fourth-order valence-electron chi connectivity index (χ4n) is 5.26. The highest BCUT2D eigenvalue weighted by Gasteiger charge is 2.59. The van der Waals surface area contributed by atoms with Gasteiger partial charge in [-0.2, -0.15) is 13.2 Å². The van der Waals surface area contributed by atoms with Crippen molar-refractivity contribution in [1.82, 2.24) is 0 Å². The van der Waals surface area contributed by atoms with Crippen LogP contribution >= 0.6 is 27.5 Å². The number of fused-ring (bicyclic) bond motifs is 2. The van der Waals surface area contributed by atoms with Crippen LogP contribution in [0.15, 0.2) is 40.9 Å². The normalized spacial score (nSPS) is 23.6. The van der Waals surface area contributed by atoms with E-state index in [0.717, 1.165) is 22.7 Å². The Bertz CT molecular complexity index is 1240. The quantitative estimate of drug-likeness (QED) is 0.431. The van der Waals surface area contributed by atoms with E-state index in [-0.39, 0.29) is 42.1 Å². The minimum atomic E-state index is -5.23. The van der Waals surface area contributed by atoms with Gasteiger partial charge in [0, 0.05) is 20.6 Å². The molecule has 35 heavy (non-hydrogen) atoms. The summed E-state index contributed by atoms with van der Waals surface area (Å²) < 4.78 is 47.2. The molecule has 0 aliphatic heterocycles. The third-order valence-electron chi connectivity index (χ3n) is 7.06. The van der Waals surface area contributed by atoms with Crippen LogP contribution in [0.3, 0.4) is 0 Å². The molecule has 1 spiro atoms. The molecule has 4 rings (SSSR count). The highest BCUT2D eigenvalue weighted by molar-refractivity contribution is 9.11. The molecule has 0 radical (unpaired) electrons. The highest BCUT2D eigenvalue weighted by atomic mass is 79.9. The molecular formula is C25H22BrClF3NO4. The van der Waals surface area contributed by atoms with E-state index >= 15 is 0 Å². The van der Waals surface area contributed by atoms with E-state index < -0.39 is 29.0 Å². The van der Waals surface area contributed by atoms with Gasteiger partial charge in [0.25, 0.3) is 0 Å². The second-order valence-corrected chi connectivity index (χ2v) is 10.2. The van der Waals surface area contributed by atoms with Crippen molar-refractivity contribution in [1.29, 1.82) is 0 Å². The number of allylic oxidation sites excluding steroid dienone is 1. The molecule has 2 aliphatic carbocycles. The summed E-state index contributed by atoms with van der Waals surface area (Å²) in [6.07, 6.45) is -3.06. The molecule has 1 amide bonds. The van der Waals surface area contributed by atoms with Crippen LogP contribution in [0.4, 0.5) is 18.9 Å². The molecule has 0 unspecified atom stereocenters. The summed E-state index contributed by atoms with van der Waals surface area (Å²) in [5, 5.41) is 10.5. The van der Waals surface area contributed by atoms with Crippen LogP contribution in [0, 0.1) is 6.92 Å². The maximum atomic E-state index is 13.8. The van der Waals surface area contributed by atoms with E-state index in [1.807, 2.05) is 12.1 Å². The lowest BCUT2D eigenvalue weighted by atomic mass is 9.64. The van der Waals surface area contributed by atoms with Crippen molar-refractivity contribution in [3.8, 4) is 5.75 Å². The summed E-state index contributed by atoms with van der Waals surface area (Å²) in [5.74, 6) is -3.00. The summed E-state index contributed by atoms with van der Waals surface area (Å²) in [5.41, 5.74) is -0.298. The first-order valence-corrected chi connectivity index (χ1v) is 12.0. The Morgan fingerprint density at radius 1 is 1.14 bits per heavy atom. The predicted octanol–water partition coefficient (Wildman–Crippen LogP) is 6.42. The maximum Gasteiger partial charge on any atom is 0.471 e. The van der Waals surface area contributed by atoms with Crippen molar-refractivity contribution in [2.24, 2.45) is 0 Å². The molecule has 0 heterocycles. The van der Waals surface area contributed by atoms with Crippen LogP contribution in [0.5, 0.6) is 5.75 Å². The molecule has 1 saturated carbocycles. The number of carbonyl (C=O) groups is 2. The van der Waals surface area contributed by atoms with Gasteiger partial charge in [-0.1, -0.05) is 33.6 Å². The molecule has 0 bridgehead atoms. The van der Waals surface area contributed by atoms with Gasteiger partial charge >= 0.3 is 18.1 Å². The third kappa shape index (κ3) is 4.12. The van der Waals surface area contributed by atoms with Crippen LogP contribution < -0.4 is 4.90 Å². The second-order valence-electron chi connectivity index (χ2n) is 8.94. The van der Waals surface area contributed by atoms with E-state index in [4.69, 9.17) is 16.3 Å². The van der Waals surface area contributed by atoms with Crippen molar-refractivity contribution in [2.45, 2.75) is 49.7 Å². The monoisotopic (exact) mass is 571 g/mol. The van der Waals surface area contributed by atoms with Gasteiger partial charge in [0.2, 0.25) is 0 Å². The van der Waals surface area contributed by atoms with Crippen LogP contribution in [0.25, 0.3) is 6.08 Å². The standard InChI is InChI=1S/C25H22BrClF3NO4/c1-14-10-15-11-20(26)23(18(15)13-19(14)32)6-8-24(9-7-23,22(34)35-2)31(21(33)25(28,29)30)17-5-3-4-16(27)12-17/h3-5,10-13,32H,6-9H2,1-2H3. The van der Waals surface area contributed by atoms with Gasteiger partial charge in [0.05, 0.1) is 7.11 Å². The van der Waals surface area contributed by atoms with Gasteiger partial charge in [-0.15, -0.1) is 0 Å².